The van der Waals surface area contributed by atoms with Gasteiger partial charge < -0.3 is 15.0 Å². The zero-order chi connectivity index (χ0) is 20.1. The Hall–Kier alpha value is -3.17. The van der Waals surface area contributed by atoms with Gasteiger partial charge in [-0.05, 0) is 17.3 Å². The van der Waals surface area contributed by atoms with Gasteiger partial charge >= 0.3 is 0 Å². The van der Waals surface area contributed by atoms with Gasteiger partial charge in [0, 0.05) is 11.1 Å². The molecule has 29 heavy (non-hydrogen) atoms. The van der Waals surface area contributed by atoms with Crippen LogP contribution in [-0.2, 0) is 22.6 Å². The van der Waals surface area contributed by atoms with Crippen LogP contribution in [0.4, 0.5) is 10.1 Å². The summed E-state index contributed by atoms with van der Waals surface area (Å²) in [5, 5.41) is 14.7. The van der Waals surface area contributed by atoms with Gasteiger partial charge in [-0.15, -0.1) is 10.2 Å². The molecule has 2 aromatic carbocycles. The predicted molar refractivity (Wildman–Crippen MR) is 104 cm³/mol. The normalized spacial score (nSPS) is 14.7. The topological polar surface area (TPSA) is 86.4 Å². The van der Waals surface area contributed by atoms with Crippen molar-refractivity contribution in [2.45, 2.75) is 13.1 Å². The number of anilines is 1. The number of carbonyl (C=O) groups excluding carboxylic acids is 1. The molecule has 1 aliphatic rings. The average Bonchev–Trinajstić information content (AvgIpc) is 3.19. The number of rotatable bonds is 6. The van der Waals surface area contributed by atoms with Crippen molar-refractivity contribution in [3.8, 4) is 11.4 Å². The van der Waals surface area contributed by atoms with Crippen molar-refractivity contribution in [2.24, 2.45) is 0 Å². The first kappa shape index (κ1) is 19.2. The van der Waals surface area contributed by atoms with Crippen LogP contribution in [0, 0.1) is 5.82 Å². The highest BCUT2D eigenvalue weighted by Gasteiger charge is 2.15. The minimum atomic E-state index is -0.493. The smallest absolute Gasteiger partial charge is 0.248 e. The first-order valence-electron chi connectivity index (χ1n) is 9.50. The largest absolute Gasteiger partial charge is 0.370 e. The molecule has 3 aromatic rings. The highest BCUT2D eigenvalue weighted by atomic mass is 19.1. The number of tetrazole rings is 1. The van der Waals surface area contributed by atoms with Gasteiger partial charge in [0.1, 0.15) is 32.0 Å². The number of benzene rings is 2. The van der Waals surface area contributed by atoms with Gasteiger partial charge in [0.25, 0.3) is 0 Å². The van der Waals surface area contributed by atoms with Crippen LogP contribution in [0.25, 0.3) is 11.4 Å². The lowest BCUT2D eigenvalue weighted by molar-refractivity contribution is -0.921. The zero-order valence-corrected chi connectivity index (χ0v) is 15.8. The summed E-state index contributed by atoms with van der Waals surface area (Å²) in [5.74, 6) is -0.482. The summed E-state index contributed by atoms with van der Waals surface area (Å²) in [7, 11) is 0. The molecule has 0 unspecified atom stereocenters. The van der Waals surface area contributed by atoms with Gasteiger partial charge in [0.05, 0.1) is 18.9 Å². The Balaban J connectivity index is 1.35. The van der Waals surface area contributed by atoms with Crippen LogP contribution in [-0.4, -0.2) is 52.4 Å². The van der Waals surface area contributed by atoms with Crippen molar-refractivity contribution in [1.29, 1.82) is 0 Å². The molecular weight excluding hydrogens is 375 g/mol. The standard InChI is InChI=1S/C20H21FN6O2/c21-17-3-1-2-4-18(17)22-19(28)14-27-24-20(23-25-27)16-7-5-15(6-8-16)13-26-9-11-29-12-10-26/h1-8H,9-14H2,(H,22,28)/p+1. The monoisotopic (exact) mass is 397 g/mol. The second-order valence-electron chi connectivity index (χ2n) is 6.91. The van der Waals surface area contributed by atoms with Crippen molar-refractivity contribution >= 4 is 11.6 Å². The molecule has 2 N–H and O–H groups in total. The molecule has 0 radical (unpaired) electrons. The molecule has 150 valence electrons. The van der Waals surface area contributed by atoms with E-state index in [1.54, 1.807) is 12.1 Å². The maximum Gasteiger partial charge on any atom is 0.248 e. The number of ether oxygens (including phenoxy) is 1. The van der Waals surface area contributed by atoms with E-state index >= 15 is 0 Å². The first-order chi connectivity index (χ1) is 14.2. The second-order valence-corrected chi connectivity index (χ2v) is 6.91. The van der Waals surface area contributed by atoms with Crippen LogP contribution in [0.2, 0.25) is 0 Å². The maximum absolute atomic E-state index is 13.6. The molecule has 0 aliphatic carbocycles. The number of nitrogens with one attached hydrogen (secondary N) is 2. The summed E-state index contributed by atoms with van der Waals surface area (Å²) in [4.78, 5) is 14.8. The third-order valence-electron chi connectivity index (χ3n) is 4.75. The third-order valence-corrected chi connectivity index (χ3v) is 4.75. The number of halogens is 1. The van der Waals surface area contributed by atoms with Crippen LogP contribution < -0.4 is 10.2 Å². The maximum atomic E-state index is 13.6. The molecule has 1 aromatic heterocycles. The van der Waals surface area contributed by atoms with Gasteiger partial charge in [-0.3, -0.25) is 4.79 Å². The second kappa shape index (κ2) is 8.89. The van der Waals surface area contributed by atoms with E-state index in [1.165, 1.54) is 27.4 Å². The molecule has 2 heterocycles. The Bertz CT molecular complexity index is 969. The predicted octanol–water partition coefficient (Wildman–Crippen LogP) is 0.533. The fraction of sp³-hybridized carbons (Fsp3) is 0.300. The lowest BCUT2D eigenvalue weighted by atomic mass is 10.1. The van der Waals surface area contributed by atoms with E-state index in [9.17, 15) is 9.18 Å². The summed E-state index contributed by atoms with van der Waals surface area (Å²) in [6.45, 7) is 4.47. The fourth-order valence-electron chi connectivity index (χ4n) is 3.20. The Morgan fingerprint density at radius 2 is 1.90 bits per heavy atom. The van der Waals surface area contributed by atoms with Crippen LogP contribution in [0.3, 0.4) is 0 Å². The average molecular weight is 397 g/mol. The molecular formula is C20H22FN6O2+. The number of hydrogen-bond acceptors (Lipinski definition) is 5. The van der Waals surface area contributed by atoms with Crippen molar-refractivity contribution in [2.75, 3.05) is 31.6 Å². The number of amides is 1. The molecule has 9 heteroatoms. The molecule has 1 saturated heterocycles. The number of carbonyl (C=O) groups is 1. The van der Waals surface area contributed by atoms with E-state index in [0.29, 0.717) is 5.82 Å². The van der Waals surface area contributed by atoms with Gasteiger partial charge in [-0.1, -0.05) is 36.4 Å². The molecule has 0 spiro atoms. The van der Waals surface area contributed by atoms with Gasteiger partial charge in [0.15, 0.2) is 0 Å². The minimum Gasteiger partial charge on any atom is -0.370 e. The zero-order valence-electron chi connectivity index (χ0n) is 15.8. The molecule has 0 atom stereocenters. The minimum absolute atomic E-state index is 0.121. The van der Waals surface area contributed by atoms with E-state index in [4.69, 9.17) is 4.74 Å². The summed E-state index contributed by atoms with van der Waals surface area (Å²) >= 11 is 0. The fourth-order valence-corrected chi connectivity index (χ4v) is 3.20. The SMILES string of the molecule is O=C(Cn1nnc(-c2ccc(C[NH+]3CCOCC3)cc2)n1)Nc1ccccc1F. The molecule has 1 fully saturated rings. The van der Waals surface area contributed by atoms with Crippen molar-refractivity contribution in [3.05, 3.63) is 59.9 Å². The van der Waals surface area contributed by atoms with E-state index in [1.807, 2.05) is 12.1 Å². The summed E-state index contributed by atoms with van der Waals surface area (Å²) in [6.07, 6.45) is 0. The highest BCUT2D eigenvalue weighted by Crippen LogP contribution is 2.15. The first-order valence-corrected chi connectivity index (χ1v) is 9.50. The van der Waals surface area contributed by atoms with E-state index in [2.05, 4.69) is 32.9 Å². The molecule has 4 rings (SSSR count). The van der Waals surface area contributed by atoms with Crippen LogP contribution in [0.15, 0.2) is 48.5 Å². The van der Waals surface area contributed by atoms with Crippen LogP contribution in [0.5, 0.6) is 0 Å². The Morgan fingerprint density at radius 1 is 1.14 bits per heavy atom. The molecule has 8 nitrogen and oxygen atoms in total. The lowest BCUT2D eigenvalue weighted by Gasteiger charge is -2.23. The molecule has 1 aliphatic heterocycles. The summed E-state index contributed by atoms with van der Waals surface area (Å²) in [6, 6.07) is 14.0. The van der Waals surface area contributed by atoms with Crippen molar-refractivity contribution in [1.82, 2.24) is 20.2 Å². The van der Waals surface area contributed by atoms with Gasteiger partial charge in [0.2, 0.25) is 11.7 Å². The number of quaternary nitrogens is 1. The summed E-state index contributed by atoms with van der Waals surface area (Å²) < 4.78 is 19.0. The molecule has 1 amide bonds. The van der Waals surface area contributed by atoms with Gasteiger partial charge in [-0.25, -0.2) is 4.39 Å². The molecule has 0 saturated carbocycles. The van der Waals surface area contributed by atoms with E-state index in [-0.39, 0.29) is 12.2 Å². The Labute approximate surface area is 167 Å². The van der Waals surface area contributed by atoms with Gasteiger partial charge in [-0.2, -0.15) is 4.80 Å². The van der Waals surface area contributed by atoms with Crippen LogP contribution in [0.1, 0.15) is 5.56 Å². The summed E-state index contributed by atoms with van der Waals surface area (Å²) in [5.41, 5.74) is 2.18. The third kappa shape index (κ3) is 5.01. The van der Waals surface area contributed by atoms with E-state index < -0.39 is 11.7 Å². The number of morpholine rings is 1. The molecule has 0 bridgehead atoms. The van der Waals surface area contributed by atoms with E-state index in [0.717, 1.165) is 38.4 Å². The number of aromatic nitrogens is 4. The number of hydrogen-bond donors (Lipinski definition) is 2. The quantitative estimate of drug-likeness (QED) is 0.634. The van der Waals surface area contributed by atoms with Crippen molar-refractivity contribution < 1.29 is 18.8 Å². The number of para-hydroxylation sites is 1. The Kier molecular flexibility index (Phi) is 5.87. The van der Waals surface area contributed by atoms with Crippen molar-refractivity contribution in [3.63, 3.8) is 0 Å². The number of nitrogens with zero attached hydrogens (tertiary/aromatic N) is 4. The Morgan fingerprint density at radius 3 is 2.66 bits per heavy atom. The van der Waals surface area contributed by atoms with Crippen LogP contribution >= 0.6 is 0 Å². The highest BCUT2D eigenvalue weighted by molar-refractivity contribution is 5.90. The lowest BCUT2D eigenvalue weighted by Crippen LogP contribution is -3.12.